The van der Waals surface area contributed by atoms with Crippen LogP contribution >= 0.6 is 26.6 Å². The Balaban J connectivity index is 3.22. The van der Waals surface area contributed by atoms with E-state index in [0.29, 0.717) is 0 Å². The molecular weight excluding hydrogens is 301 g/mol. The fourth-order valence-electron chi connectivity index (χ4n) is 0.882. The predicted molar refractivity (Wildman–Crippen MR) is 52.5 cm³/mol. The Morgan fingerprint density at radius 2 is 1.71 bits per heavy atom. The highest BCUT2D eigenvalue weighted by molar-refractivity contribution is 9.10. The molecule has 0 aliphatic heterocycles. The van der Waals surface area contributed by atoms with E-state index in [2.05, 4.69) is 15.9 Å². The lowest BCUT2D eigenvalue weighted by Crippen LogP contribution is -2.01. The van der Waals surface area contributed by atoms with Crippen LogP contribution in [0.15, 0.2) is 16.6 Å². The molecule has 14 heavy (non-hydrogen) atoms. The van der Waals surface area contributed by atoms with E-state index in [1.807, 2.05) is 0 Å². The maximum absolute atomic E-state index is 13.0. The first-order valence-corrected chi connectivity index (χ1v) is 6.62. The monoisotopic (exact) mass is 304 g/mol. The summed E-state index contributed by atoms with van der Waals surface area (Å²) in [4.78, 5) is 0. The summed E-state index contributed by atoms with van der Waals surface area (Å²) in [5, 5.41) is 0. The Bertz CT molecular complexity index is 438. The summed E-state index contributed by atoms with van der Waals surface area (Å²) in [6, 6.07) is 1.95. The second-order valence-electron chi connectivity index (χ2n) is 2.53. The molecular formula is C7H4BrClF2O2S. The summed E-state index contributed by atoms with van der Waals surface area (Å²) >= 11 is 2.86. The number of halogens is 4. The highest BCUT2D eigenvalue weighted by Gasteiger charge is 2.16. The molecule has 1 aromatic carbocycles. The minimum Gasteiger partial charge on any atom is -0.212 e. The minimum atomic E-state index is -3.96. The SMILES string of the molecule is O=S(=O)(Cl)Cc1c(F)cc(Br)cc1F. The first kappa shape index (κ1) is 11.9. The fourth-order valence-corrected chi connectivity index (χ4v) is 2.23. The van der Waals surface area contributed by atoms with Crippen LogP contribution in [0.25, 0.3) is 0 Å². The first-order chi connectivity index (χ1) is 6.29. The van der Waals surface area contributed by atoms with Gasteiger partial charge in [-0.3, -0.25) is 0 Å². The van der Waals surface area contributed by atoms with Gasteiger partial charge in [0.1, 0.15) is 11.6 Å². The molecule has 0 spiro atoms. The van der Waals surface area contributed by atoms with Gasteiger partial charge in [0.25, 0.3) is 0 Å². The molecule has 7 heteroatoms. The fraction of sp³-hybridized carbons (Fsp3) is 0.143. The van der Waals surface area contributed by atoms with E-state index in [1.165, 1.54) is 0 Å². The van der Waals surface area contributed by atoms with Crippen molar-refractivity contribution in [2.24, 2.45) is 0 Å². The number of hydrogen-bond donors (Lipinski definition) is 0. The second kappa shape index (κ2) is 4.12. The molecule has 0 N–H and O–H groups in total. The van der Waals surface area contributed by atoms with E-state index in [4.69, 9.17) is 10.7 Å². The van der Waals surface area contributed by atoms with Crippen molar-refractivity contribution < 1.29 is 17.2 Å². The molecule has 0 radical (unpaired) electrons. The number of benzene rings is 1. The smallest absolute Gasteiger partial charge is 0.212 e. The van der Waals surface area contributed by atoms with Gasteiger partial charge in [0.2, 0.25) is 9.05 Å². The van der Waals surface area contributed by atoms with Crippen LogP contribution in [0.1, 0.15) is 5.56 Å². The highest BCUT2D eigenvalue weighted by Crippen LogP contribution is 2.22. The Hall–Kier alpha value is -0.200. The van der Waals surface area contributed by atoms with Crippen molar-refractivity contribution in [3.63, 3.8) is 0 Å². The lowest BCUT2D eigenvalue weighted by atomic mass is 10.2. The van der Waals surface area contributed by atoms with E-state index >= 15 is 0 Å². The van der Waals surface area contributed by atoms with Gasteiger partial charge in [0.05, 0.1) is 5.75 Å². The van der Waals surface area contributed by atoms with E-state index in [9.17, 15) is 17.2 Å². The van der Waals surface area contributed by atoms with Gasteiger partial charge in [-0.15, -0.1) is 0 Å². The maximum atomic E-state index is 13.0. The van der Waals surface area contributed by atoms with Crippen molar-refractivity contribution in [1.29, 1.82) is 0 Å². The lowest BCUT2D eigenvalue weighted by Gasteiger charge is -2.02. The van der Waals surface area contributed by atoms with Gasteiger partial charge in [-0.05, 0) is 12.1 Å². The minimum absolute atomic E-state index is 0.197. The third-order valence-corrected chi connectivity index (χ3v) is 2.84. The van der Waals surface area contributed by atoms with Crippen molar-refractivity contribution in [2.75, 3.05) is 0 Å². The average molecular weight is 306 g/mol. The highest BCUT2D eigenvalue weighted by atomic mass is 79.9. The van der Waals surface area contributed by atoms with Gasteiger partial charge in [0, 0.05) is 20.7 Å². The van der Waals surface area contributed by atoms with E-state index < -0.39 is 32.0 Å². The molecule has 0 aliphatic rings. The number of rotatable bonds is 2. The Morgan fingerprint density at radius 1 is 1.29 bits per heavy atom. The van der Waals surface area contributed by atoms with E-state index in [1.54, 1.807) is 0 Å². The zero-order valence-corrected chi connectivity index (χ0v) is 9.76. The van der Waals surface area contributed by atoms with Gasteiger partial charge in [-0.1, -0.05) is 15.9 Å². The van der Waals surface area contributed by atoms with E-state index in [-0.39, 0.29) is 4.47 Å². The molecule has 0 atom stereocenters. The molecule has 0 amide bonds. The first-order valence-electron chi connectivity index (χ1n) is 3.35. The van der Waals surface area contributed by atoms with Gasteiger partial charge in [0.15, 0.2) is 0 Å². The summed E-state index contributed by atoms with van der Waals surface area (Å²) < 4.78 is 47.5. The molecule has 0 aromatic heterocycles. The van der Waals surface area contributed by atoms with Crippen LogP contribution in [-0.4, -0.2) is 8.42 Å². The lowest BCUT2D eigenvalue weighted by molar-refractivity contribution is 0.558. The average Bonchev–Trinajstić information content (AvgIpc) is 1.95. The van der Waals surface area contributed by atoms with Crippen LogP contribution in [0.3, 0.4) is 0 Å². The summed E-state index contributed by atoms with van der Waals surface area (Å²) in [5.74, 6) is -2.75. The molecule has 0 heterocycles. The topological polar surface area (TPSA) is 34.1 Å². The second-order valence-corrected chi connectivity index (χ2v) is 6.22. The molecule has 0 aliphatic carbocycles. The Morgan fingerprint density at radius 3 is 2.07 bits per heavy atom. The predicted octanol–water partition coefficient (Wildman–Crippen LogP) is 2.80. The summed E-state index contributed by atoms with van der Waals surface area (Å²) in [6.07, 6.45) is 0. The van der Waals surface area contributed by atoms with Gasteiger partial charge in [-0.2, -0.15) is 0 Å². The normalized spacial score (nSPS) is 11.7. The van der Waals surface area contributed by atoms with Crippen molar-refractivity contribution in [3.05, 3.63) is 33.8 Å². The molecule has 1 aromatic rings. The Kier molecular flexibility index (Phi) is 3.49. The van der Waals surface area contributed by atoms with Crippen LogP contribution in [0, 0.1) is 11.6 Å². The van der Waals surface area contributed by atoms with Crippen LogP contribution in [0.2, 0.25) is 0 Å². The molecule has 0 saturated heterocycles. The summed E-state index contributed by atoms with van der Waals surface area (Å²) in [7, 11) is 0.920. The Labute approximate surface area is 92.4 Å². The molecule has 0 saturated carbocycles. The van der Waals surface area contributed by atoms with Gasteiger partial charge < -0.3 is 0 Å². The molecule has 0 fully saturated rings. The zero-order chi connectivity index (χ0) is 10.9. The van der Waals surface area contributed by atoms with Crippen molar-refractivity contribution in [1.82, 2.24) is 0 Å². The van der Waals surface area contributed by atoms with E-state index in [0.717, 1.165) is 12.1 Å². The maximum Gasteiger partial charge on any atom is 0.236 e. The molecule has 1 rings (SSSR count). The molecule has 0 bridgehead atoms. The van der Waals surface area contributed by atoms with Crippen LogP contribution < -0.4 is 0 Å². The summed E-state index contributed by atoms with van der Waals surface area (Å²) in [5.41, 5.74) is -0.553. The van der Waals surface area contributed by atoms with Gasteiger partial charge >= 0.3 is 0 Å². The van der Waals surface area contributed by atoms with Crippen LogP contribution in [0.4, 0.5) is 8.78 Å². The molecule has 2 nitrogen and oxygen atoms in total. The van der Waals surface area contributed by atoms with Crippen molar-refractivity contribution >= 4 is 35.7 Å². The largest absolute Gasteiger partial charge is 0.236 e. The number of hydrogen-bond acceptors (Lipinski definition) is 2. The quantitative estimate of drug-likeness (QED) is 0.787. The van der Waals surface area contributed by atoms with Crippen molar-refractivity contribution in [2.45, 2.75) is 5.75 Å². The van der Waals surface area contributed by atoms with Crippen molar-refractivity contribution in [3.8, 4) is 0 Å². The molecule has 78 valence electrons. The van der Waals surface area contributed by atoms with Gasteiger partial charge in [-0.25, -0.2) is 17.2 Å². The van der Waals surface area contributed by atoms with Crippen LogP contribution in [0.5, 0.6) is 0 Å². The van der Waals surface area contributed by atoms with Crippen LogP contribution in [-0.2, 0) is 14.8 Å². The molecule has 0 unspecified atom stereocenters. The standard InChI is InChI=1S/C7H4BrClF2O2S/c8-4-1-6(10)5(7(11)2-4)3-14(9,12)13/h1-2H,3H2. The summed E-state index contributed by atoms with van der Waals surface area (Å²) in [6.45, 7) is 0. The third kappa shape index (κ3) is 3.18. The zero-order valence-electron chi connectivity index (χ0n) is 6.60. The third-order valence-electron chi connectivity index (χ3n) is 1.42.